The topological polar surface area (TPSA) is 49.0 Å². The summed E-state index contributed by atoms with van der Waals surface area (Å²) in [6, 6.07) is 8.82. The van der Waals surface area contributed by atoms with Gasteiger partial charge in [-0.2, -0.15) is 5.10 Å². The molecule has 1 heterocycles. The smallest absolute Gasteiger partial charge is 0.257 e. The number of aromatic amines is 1. The van der Waals surface area contributed by atoms with Crippen LogP contribution in [0.4, 0.5) is 13.2 Å². The number of carbonyl (C=O) groups excluding carboxylic acids is 1. The SMILES string of the molecule is CN(Cc1ccc(F)cc1F)C(=O)c1cn[nH]c1-c1ccc(F)cc1. The van der Waals surface area contributed by atoms with Gasteiger partial charge >= 0.3 is 0 Å². The van der Waals surface area contributed by atoms with Gasteiger partial charge in [-0.15, -0.1) is 0 Å². The Morgan fingerprint density at radius 3 is 2.44 bits per heavy atom. The minimum Gasteiger partial charge on any atom is -0.337 e. The van der Waals surface area contributed by atoms with Crippen LogP contribution in [0.3, 0.4) is 0 Å². The molecule has 2 aromatic carbocycles. The Balaban J connectivity index is 1.83. The summed E-state index contributed by atoms with van der Waals surface area (Å²) in [6.45, 7) is -0.0288. The molecule has 0 bridgehead atoms. The molecule has 3 aromatic rings. The van der Waals surface area contributed by atoms with Crippen molar-refractivity contribution in [3.8, 4) is 11.3 Å². The molecular formula is C18H14F3N3O. The maximum absolute atomic E-state index is 13.8. The Bertz CT molecular complexity index is 906. The number of hydrogen-bond donors (Lipinski definition) is 1. The molecule has 0 unspecified atom stereocenters. The highest BCUT2D eigenvalue weighted by Crippen LogP contribution is 2.23. The lowest BCUT2D eigenvalue weighted by atomic mass is 10.1. The van der Waals surface area contributed by atoms with E-state index in [0.717, 1.165) is 12.1 Å². The van der Waals surface area contributed by atoms with Crippen LogP contribution in [0, 0.1) is 17.5 Å². The molecule has 1 aromatic heterocycles. The second kappa shape index (κ2) is 6.80. The molecule has 0 saturated carbocycles. The van der Waals surface area contributed by atoms with Crippen LogP contribution in [0.15, 0.2) is 48.7 Å². The summed E-state index contributed by atoms with van der Waals surface area (Å²) in [5, 5.41) is 6.59. The highest BCUT2D eigenvalue weighted by atomic mass is 19.1. The Kier molecular flexibility index (Phi) is 4.56. The van der Waals surface area contributed by atoms with E-state index in [2.05, 4.69) is 10.2 Å². The molecule has 3 rings (SSSR count). The first-order valence-corrected chi connectivity index (χ1v) is 7.44. The fourth-order valence-electron chi connectivity index (χ4n) is 2.47. The third kappa shape index (κ3) is 3.55. The number of H-pyrrole nitrogens is 1. The van der Waals surface area contributed by atoms with Crippen LogP contribution in [0.5, 0.6) is 0 Å². The molecule has 128 valence electrons. The van der Waals surface area contributed by atoms with E-state index in [0.29, 0.717) is 11.3 Å². The van der Waals surface area contributed by atoms with Crippen molar-refractivity contribution in [3.05, 3.63) is 77.2 Å². The van der Waals surface area contributed by atoms with Crippen molar-refractivity contribution in [1.29, 1.82) is 0 Å². The lowest BCUT2D eigenvalue weighted by Gasteiger charge is -2.17. The standard InChI is InChI=1S/C18H14F3N3O/c1-24(10-12-4-7-14(20)8-16(12)21)18(25)15-9-22-23-17(15)11-2-5-13(19)6-3-11/h2-9H,10H2,1H3,(H,22,23). The number of aromatic nitrogens is 2. The van der Waals surface area contributed by atoms with Crippen LogP contribution in [0.1, 0.15) is 15.9 Å². The van der Waals surface area contributed by atoms with E-state index in [1.165, 1.54) is 48.5 Å². The fourth-order valence-corrected chi connectivity index (χ4v) is 2.47. The van der Waals surface area contributed by atoms with Crippen LogP contribution in [0.2, 0.25) is 0 Å². The third-order valence-electron chi connectivity index (χ3n) is 3.77. The molecule has 0 atom stereocenters. The van der Waals surface area contributed by atoms with E-state index in [4.69, 9.17) is 0 Å². The van der Waals surface area contributed by atoms with Crippen molar-refractivity contribution >= 4 is 5.91 Å². The molecule has 25 heavy (non-hydrogen) atoms. The van der Waals surface area contributed by atoms with Crippen molar-refractivity contribution in [3.63, 3.8) is 0 Å². The predicted molar refractivity (Wildman–Crippen MR) is 86.1 cm³/mol. The average Bonchev–Trinajstić information content (AvgIpc) is 3.07. The van der Waals surface area contributed by atoms with Gasteiger partial charge < -0.3 is 4.90 Å². The molecule has 0 spiro atoms. The Morgan fingerprint density at radius 1 is 1.08 bits per heavy atom. The molecule has 0 aliphatic rings. The van der Waals surface area contributed by atoms with Gasteiger partial charge in [0.25, 0.3) is 5.91 Å². The van der Waals surface area contributed by atoms with Crippen molar-refractivity contribution in [2.45, 2.75) is 6.54 Å². The van der Waals surface area contributed by atoms with Gasteiger partial charge in [0.2, 0.25) is 0 Å². The number of hydrogen-bond acceptors (Lipinski definition) is 2. The lowest BCUT2D eigenvalue weighted by Crippen LogP contribution is -2.26. The summed E-state index contributed by atoms with van der Waals surface area (Å²) in [5.41, 5.74) is 1.51. The summed E-state index contributed by atoms with van der Waals surface area (Å²) in [4.78, 5) is 13.9. The van der Waals surface area contributed by atoms with E-state index in [1.807, 2.05) is 0 Å². The molecule has 0 radical (unpaired) electrons. The van der Waals surface area contributed by atoms with Gasteiger partial charge in [0.15, 0.2) is 0 Å². The second-order valence-corrected chi connectivity index (χ2v) is 5.56. The fraction of sp³-hybridized carbons (Fsp3) is 0.111. The molecule has 0 fully saturated rings. The van der Waals surface area contributed by atoms with Crippen LogP contribution in [-0.4, -0.2) is 28.1 Å². The van der Waals surface area contributed by atoms with Crippen LogP contribution in [-0.2, 0) is 6.54 Å². The average molecular weight is 345 g/mol. The number of halogens is 3. The number of benzene rings is 2. The van der Waals surface area contributed by atoms with E-state index in [-0.39, 0.29) is 23.5 Å². The maximum atomic E-state index is 13.8. The second-order valence-electron chi connectivity index (χ2n) is 5.56. The number of amides is 1. The van der Waals surface area contributed by atoms with E-state index >= 15 is 0 Å². The van der Waals surface area contributed by atoms with Crippen molar-refractivity contribution in [2.75, 3.05) is 7.05 Å². The molecule has 1 amide bonds. The zero-order chi connectivity index (χ0) is 18.0. The summed E-state index contributed by atoms with van der Waals surface area (Å²) < 4.78 is 39.8. The molecule has 4 nitrogen and oxygen atoms in total. The highest BCUT2D eigenvalue weighted by Gasteiger charge is 2.20. The summed E-state index contributed by atoms with van der Waals surface area (Å²) in [5.74, 6) is -2.17. The van der Waals surface area contributed by atoms with Gasteiger partial charge in [-0.05, 0) is 30.3 Å². The lowest BCUT2D eigenvalue weighted by molar-refractivity contribution is 0.0784. The Labute approximate surface area is 141 Å². The zero-order valence-corrected chi connectivity index (χ0v) is 13.3. The third-order valence-corrected chi connectivity index (χ3v) is 3.77. The van der Waals surface area contributed by atoms with Gasteiger partial charge in [0.1, 0.15) is 17.5 Å². The number of nitrogens with zero attached hydrogens (tertiary/aromatic N) is 2. The quantitative estimate of drug-likeness (QED) is 0.783. The van der Waals surface area contributed by atoms with Gasteiger partial charge in [-0.1, -0.05) is 6.07 Å². The summed E-state index contributed by atoms with van der Waals surface area (Å²) >= 11 is 0. The molecule has 7 heteroatoms. The molecule has 0 aliphatic carbocycles. The number of rotatable bonds is 4. The van der Waals surface area contributed by atoms with Crippen LogP contribution in [0.25, 0.3) is 11.3 Å². The first-order valence-electron chi connectivity index (χ1n) is 7.44. The highest BCUT2D eigenvalue weighted by molar-refractivity contribution is 5.99. The predicted octanol–water partition coefficient (Wildman–Crippen LogP) is 3.77. The first-order chi connectivity index (χ1) is 12.0. The van der Waals surface area contributed by atoms with E-state index < -0.39 is 17.5 Å². The summed E-state index contributed by atoms with van der Waals surface area (Å²) in [7, 11) is 1.51. The van der Waals surface area contributed by atoms with E-state index in [9.17, 15) is 18.0 Å². The van der Waals surface area contributed by atoms with Crippen LogP contribution >= 0.6 is 0 Å². The van der Waals surface area contributed by atoms with E-state index in [1.54, 1.807) is 0 Å². The van der Waals surface area contributed by atoms with Gasteiger partial charge in [0, 0.05) is 30.8 Å². The minimum absolute atomic E-state index is 0.0288. The minimum atomic E-state index is -0.717. The molecule has 0 saturated heterocycles. The first kappa shape index (κ1) is 16.8. The van der Waals surface area contributed by atoms with Gasteiger partial charge in [-0.25, -0.2) is 13.2 Å². The van der Waals surface area contributed by atoms with Gasteiger partial charge in [0.05, 0.1) is 17.5 Å². The monoisotopic (exact) mass is 345 g/mol. The number of carbonyl (C=O) groups is 1. The Hall–Kier alpha value is -3.09. The molecular weight excluding hydrogens is 331 g/mol. The van der Waals surface area contributed by atoms with Crippen LogP contribution < -0.4 is 0 Å². The zero-order valence-electron chi connectivity index (χ0n) is 13.3. The Morgan fingerprint density at radius 2 is 1.76 bits per heavy atom. The van der Waals surface area contributed by atoms with Crippen molar-refractivity contribution in [1.82, 2.24) is 15.1 Å². The maximum Gasteiger partial charge on any atom is 0.257 e. The normalized spacial score (nSPS) is 10.7. The largest absolute Gasteiger partial charge is 0.337 e. The summed E-state index contributed by atoms with van der Waals surface area (Å²) in [6.07, 6.45) is 1.36. The molecule has 0 aliphatic heterocycles. The number of nitrogens with one attached hydrogen (secondary N) is 1. The molecule has 1 N–H and O–H groups in total. The van der Waals surface area contributed by atoms with Gasteiger partial charge in [-0.3, -0.25) is 9.89 Å². The van der Waals surface area contributed by atoms with Crippen molar-refractivity contribution < 1.29 is 18.0 Å². The van der Waals surface area contributed by atoms with Crippen molar-refractivity contribution in [2.24, 2.45) is 0 Å².